The standard InChI is InChI=1S/C17H12ClF3N6/c1-10-4-12(7-22-6-10)26(8-17(19,20)21)15-13-3-2-11(18)5-14(13)27-9-23-25-16(27)24-15/h2-7,9H,8H2,1H3. The minimum Gasteiger partial charge on any atom is -0.315 e. The van der Waals surface area contributed by atoms with Crippen LogP contribution < -0.4 is 4.90 Å². The summed E-state index contributed by atoms with van der Waals surface area (Å²) in [6.45, 7) is 0.530. The summed E-state index contributed by atoms with van der Waals surface area (Å²) >= 11 is 6.08. The van der Waals surface area contributed by atoms with E-state index in [0.717, 1.165) is 10.5 Å². The molecule has 0 aliphatic heterocycles. The first-order valence-corrected chi connectivity index (χ1v) is 8.24. The zero-order valence-electron chi connectivity index (χ0n) is 13.9. The van der Waals surface area contributed by atoms with Crippen molar-refractivity contribution in [2.75, 3.05) is 11.4 Å². The van der Waals surface area contributed by atoms with Gasteiger partial charge in [0.05, 0.1) is 17.4 Å². The van der Waals surface area contributed by atoms with Crippen molar-refractivity contribution in [2.24, 2.45) is 0 Å². The highest BCUT2D eigenvalue weighted by Crippen LogP contribution is 2.34. The molecule has 0 fully saturated rings. The van der Waals surface area contributed by atoms with E-state index in [2.05, 4.69) is 20.2 Å². The van der Waals surface area contributed by atoms with Gasteiger partial charge in [0, 0.05) is 16.6 Å². The fourth-order valence-electron chi connectivity index (χ4n) is 2.88. The van der Waals surface area contributed by atoms with Crippen molar-refractivity contribution in [3.8, 4) is 0 Å². The first-order valence-electron chi connectivity index (χ1n) is 7.87. The van der Waals surface area contributed by atoms with Gasteiger partial charge < -0.3 is 4.90 Å². The molecule has 0 aliphatic rings. The molecular formula is C17H12ClF3N6. The van der Waals surface area contributed by atoms with Gasteiger partial charge in [0.15, 0.2) is 0 Å². The van der Waals surface area contributed by atoms with Crippen molar-refractivity contribution in [2.45, 2.75) is 13.1 Å². The molecule has 4 aromatic rings. The van der Waals surface area contributed by atoms with Gasteiger partial charge in [0.1, 0.15) is 18.7 Å². The van der Waals surface area contributed by atoms with Crippen LogP contribution in [0.3, 0.4) is 0 Å². The Hall–Kier alpha value is -2.94. The second-order valence-electron chi connectivity index (χ2n) is 6.02. The summed E-state index contributed by atoms with van der Waals surface area (Å²) < 4.78 is 41.6. The van der Waals surface area contributed by atoms with Gasteiger partial charge in [0.25, 0.3) is 5.78 Å². The van der Waals surface area contributed by atoms with Gasteiger partial charge in [-0.1, -0.05) is 11.6 Å². The average molecular weight is 393 g/mol. The Balaban J connectivity index is 2.02. The number of aromatic nitrogens is 5. The van der Waals surface area contributed by atoms with Crippen molar-refractivity contribution in [1.82, 2.24) is 24.6 Å². The number of nitrogens with zero attached hydrogens (tertiary/aromatic N) is 6. The van der Waals surface area contributed by atoms with Crippen molar-refractivity contribution in [1.29, 1.82) is 0 Å². The van der Waals surface area contributed by atoms with Crippen molar-refractivity contribution in [3.63, 3.8) is 0 Å². The van der Waals surface area contributed by atoms with Gasteiger partial charge >= 0.3 is 6.18 Å². The Labute approximate surface area is 156 Å². The number of hydrogen-bond donors (Lipinski definition) is 0. The molecule has 0 N–H and O–H groups in total. The Morgan fingerprint density at radius 1 is 1.19 bits per heavy atom. The molecule has 3 aromatic heterocycles. The van der Waals surface area contributed by atoms with E-state index in [-0.39, 0.29) is 17.3 Å². The third kappa shape index (κ3) is 3.37. The largest absolute Gasteiger partial charge is 0.406 e. The van der Waals surface area contributed by atoms with Crippen LogP contribution in [0.4, 0.5) is 24.7 Å². The third-order valence-electron chi connectivity index (χ3n) is 3.96. The summed E-state index contributed by atoms with van der Waals surface area (Å²) in [7, 11) is 0. The number of hydrogen-bond acceptors (Lipinski definition) is 5. The smallest absolute Gasteiger partial charge is 0.315 e. The fraction of sp³-hybridized carbons (Fsp3) is 0.176. The van der Waals surface area contributed by atoms with Gasteiger partial charge in [0.2, 0.25) is 0 Å². The number of aryl methyl sites for hydroxylation is 1. The molecule has 138 valence electrons. The van der Waals surface area contributed by atoms with Crippen LogP contribution in [0.5, 0.6) is 0 Å². The van der Waals surface area contributed by atoms with Crippen LogP contribution in [0.15, 0.2) is 43.0 Å². The molecule has 0 unspecified atom stereocenters. The molecule has 3 heterocycles. The quantitative estimate of drug-likeness (QED) is 0.519. The third-order valence-corrected chi connectivity index (χ3v) is 4.20. The van der Waals surface area contributed by atoms with Crippen LogP contribution in [0.25, 0.3) is 16.7 Å². The number of rotatable bonds is 3. The Kier molecular flexibility index (Phi) is 4.11. The number of alkyl halides is 3. The molecular weight excluding hydrogens is 381 g/mol. The molecule has 27 heavy (non-hydrogen) atoms. The second-order valence-corrected chi connectivity index (χ2v) is 6.46. The van der Waals surface area contributed by atoms with E-state index in [4.69, 9.17) is 11.6 Å². The van der Waals surface area contributed by atoms with Crippen LogP contribution in [-0.4, -0.2) is 37.3 Å². The summed E-state index contributed by atoms with van der Waals surface area (Å²) in [5.74, 6) is 0.277. The maximum atomic E-state index is 13.4. The normalized spacial score (nSPS) is 12.0. The molecule has 0 spiro atoms. The summed E-state index contributed by atoms with van der Waals surface area (Å²) in [4.78, 5) is 9.42. The highest BCUT2D eigenvalue weighted by molar-refractivity contribution is 6.31. The Morgan fingerprint density at radius 2 is 2.00 bits per heavy atom. The summed E-state index contributed by atoms with van der Waals surface area (Å²) in [6.07, 6.45) is -0.0739. The highest BCUT2D eigenvalue weighted by atomic mass is 35.5. The second kappa shape index (κ2) is 6.34. The molecule has 0 atom stereocenters. The number of benzene rings is 1. The number of fused-ring (bicyclic) bond motifs is 3. The molecule has 0 radical (unpaired) electrons. The lowest BCUT2D eigenvalue weighted by atomic mass is 10.2. The lowest BCUT2D eigenvalue weighted by Gasteiger charge is -2.26. The van der Waals surface area contributed by atoms with Crippen LogP contribution in [0, 0.1) is 6.92 Å². The molecule has 0 aliphatic carbocycles. The molecule has 0 bridgehead atoms. The van der Waals surface area contributed by atoms with Crippen molar-refractivity contribution < 1.29 is 13.2 Å². The molecule has 1 aromatic carbocycles. The predicted octanol–water partition coefficient (Wildman–Crippen LogP) is 4.33. The van der Waals surface area contributed by atoms with Crippen LogP contribution in [0.2, 0.25) is 5.02 Å². The van der Waals surface area contributed by atoms with Crippen LogP contribution in [-0.2, 0) is 0 Å². The Bertz CT molecular complexity index is 1140. The van der Waals surface area contributed by atoms with Crippen LogP contribution >= 0.6 is 11.6 Å². The van der Waals surface area contributed by atoms with Gasteiger partial charge in [-0.2, -0.15) is 18.2 Å². The van der Waals surface area contributed by atoms with E-state index in [1.54, 1.807) is 41.8 Å². The number of pyridine rings is 1. The summed E-state index contributed by atoms with van der Waals surface area (Å²) in [6, 6.07) is 6.49. The lowest BCUT2D eigenvalue weighted by molar-refractivity contribution is -0.118. The molecule has 0 amide bonds. The SMILES string of the molecule is Cc1cncc(N(CC(F)(F)F)c2nc3nncn3c3cc(Cl)ccc23)c1. The fourth-order valence-corrected chi connectivity index (χ4v) is 3.05. The van der Waals surface area contributed by atoms with Gasteiger partial charge in [-0.05, 0) is 36.8 Å². The molecule has 10 heteroatoms. The van der Waals surface area contributed by atoms with Crippen molar-refractivity contribution >= 4 is 39.8 Å². The maximum absolute atomic E-state index is 13.4. The van der Waals surface area contributed by atoms with E-state index in [9.17, 15) is 13.2 Å². The predicted molar refractivity (Wildman–Crippen MR) is 95.3 cm³/mol. The van der Waals surface area contributed by atoms with E-state index < -0.39 is 12.7 Å². The molecule has 0 saturated carbocycles. The molecule has 0 saturated heterocycles. The van der Waals surface area contributed by atoms with E-state index in [1.807, 2.05) is 0 Å². The summed E-state index contributed by atoms with van der Waals surface area (Å²) in [5.41, 5.74) is 1.57. The van der Waals surface area contributed by atoms with Crippen molar-refractivity contribution in [3.05, 3.63) is 53.6 Å². The van der Waals surface area contributed by atoms with Crippen LogP contribution in [0.1, 0.15) is 5.56 Å². The zero-order chi connectivity index (χ0) is 19.2. The highest BCUT2D eigenvalue weighted by Gasteiger charge is 2.33. The first kappa shape index (κ1) is 17.5. The van der Waals surface area contributed by atoms with E-state index >= 15 is 0 Å². The molecule has 4 rings (SSSR count). The van der Waals surface area contributed by atoms with Gasteiger partial charge in [-0.25, -0.2) is 0 Å². The molecule has 6 nitrogen and oxygen atoms in total. The number of halogens is 4. The van der Waals surface area contributed by atoms with E-state index in [0.29, 0.717) is 15.9 Å². The monoisotopic (exact) mass is 392 g/mol. The lowest BCUT2D eigenvalue weighted by Crippen LogP contribution is -2.31. The first-order chi connectivity index (χ1) is 12.8. The maximum Gasteiger partial charge on any atom is 0.406 e. The minimum atomic E-state index is -4.45. The summed E-state index contributed by atoms with van der Waals surface area (Å²) in [5, 5.41) is 8.60. The average Bonchev–Trinajstić information content (AvgIpc) is 3.07. The Morgan fingerprint density at radius 3 is 2.74 bits per heavy atom. The topological polar surface area (TPSA) is 59.2 Å². The van der Waals surface area contributed by atoms with Gasteiger partial charge in [-0.3, -0.25) is 9.38 Å². The zero-order valence-corrected chi connectivity index (χ0v) is 14.7. The number of anilines is 2. The van der Waals surface area contributed by atoms with Gasteiger partial charge in [-0.15, -0.1) is 10.2 Å². The minimum absolute atomic E-state index is 0.104. The van der Waals surface area contributed by atoms with E-state index in [1.165, 1.54) is 12.5 Å².